The van der Waals surface area contributed by atoms with Gasteiger partial charge in [0.1, 0.15) is 11.6 Å². The maximum absolute atomic E-state index is 5.56. The topological polar surface area (TPSA) is 98.3 Å². The number of nitrogens with two attached hydrogens (primary N) is 1. The fraction of sp³-hybridized carbons (Fsp3) is 0. The van der Waals surface area contributed by atoms with E-state index in [1.54, 1.807) is 30.1 Å². The van der Waals surface area contributed by atoms with E-state index in [1.807, 2.05) is 24.3 Å². The average molecular weight is 312 g/mol. The Morgan fingerprint density at radius 2 is 2.09 bits per heavy atom. The summed E-state index contributed by atoms with van der Waals surface area (Å²) < 4.78 is 5.56. The molecule has 0 amide bonds. The summed E-state index contributed by atoms with van der Waals surface area (Å²) in [5.41, 5.74) is 9.21. The molecule has 7 nitrogen and oxygen atoms in total. The maximum atomic E-state index is 5.56. The Hall–Kier alpha value is -3.00. The number of hydrogen-bond donors (Lipinski definition) is 2. The van der Waals surface area contributed by atoms with Crippen molar-refractivity contribution >= 4 is 28.5 Å². The first-order valence-corrected chi connectivity index (χ1v) is 7.22. The highest BCUT2D eigenvalue weighted by Gasteiger charge is 2.00. The van der Waals surface area contributed by atoms with E-state index in [9.17, 15) is 0 Å². The molecule has 3 N–H and O–H groups in total. The molecule has 0 unspecified atom stereocenters. The maximum Gasteiger partial charge on any atom is 0.321 e. The number of hydrogen-bond acceptors (Lipinski definition) is 8. The Balaban J connectivity index is 1.66. The summed E-state index contributed by atoms with van der Waals surface area (Å²) in [6, 6.07) is 9.45. The fourth-order valence-corrected chi connectivity index (χ4v) is 2.15. The lowest BCUT2D eigenvalue weighted by Gasteiger charge is -2.03. The van der Waals surface area contributed by atoms with E-state index in [1.165, 1.54) is 11.3 Å². The lowest BCUT2D eigenvalue weighted by atomic mass is 10.2. The molecule has 0 saturated heterocycles. The summed E-state index contributed by atoms with van der Waals surface area (Å²) in [6.45, 7) is 0. The lowest BCUT2D eigenvalue weighted by Crippen LogP contribution is -1.93. The molecular formula is C14H12N6OS. The molecule has 0 saturated carbocycles. The Kier molecular flexibility index (Phi) is 4.21. The highest BCUT2D eigenvalue weighted by Crippen LogP contribution is 2.18. The van der Waals surface area contributed by atoms with Crippen molar-refractivity contribution in [1.82, 2.24) is 15.0 Å². The summed E-state index contributed by atoms with van der Waals surface area (Å²) in [5, 5.41) is 6.48. The van der Waals surface area contributed by atoms with Crippen LogP contribution in [0.5, 0.6) is 11.8 Å². The number of anilines is 2. The van der Waals surface area contributed by atoms with Crippen LogP contribution in [-0.4, -0.2) is 21.2 Å². The van der Waals surface area contributed by atoms with Gasteiger partial charge < -0.3 is 10.5 Å². The van der Waals surface area contributed by atoms with Crippen molar-refractivity contribution in [2.45, 2.75) is 0 Å². The number of hydrazone groups is 1. The molecule has 2 aromatic heterocycles. The molecule has 0 spiro atoms. The number of nitrogen functional groups attached to an aromatic ring is 1. The molecular weight excluding hydrogens is 300 g/mol. The third kappa shape index (κ3) is 3.76. The van der Waals surface area contributed by atoms with Crippen LogP contribution >= 0.6 is 11.3 Å². The van der Waals surface area contributed by atoms with Crippen molar-refractivity contribution in [1.29, 1.82) is 0 Å². The largest absolute Gasteiger partial charge is 0.424 e. The first kappa shape index (κ1) is 14.0. The van der Waals surface area contributed by atoms with E-state index >= 15 is 0 Å². The van der Waals surface area contributed by atoms with E-state index < -0.39 is 0 Å². The number of rotatable bonds is 5. The molecule has 22 heavy (non-hydrogen) atoms. The molecule has 110 valence electrons. The molecule has 0 radical (unpaired) electrons. The summed E-state index contributed by atoms with van der Waals surface area (Å²) in [5.74, 6) is 1.11. The minimum absolute atomic E-state index is 0.299. The number of benzene rings is 1. The van der Waals surface area contributed by atoms with E-state index in [2.05, 4.69) is 25.5 Å². The number of aromatic nitrogens is 3. The molecule has 1 aromatic carbocycles. The molecule has 3 aromatic rings. The predicted molar refractivity (Wildman–Crippen MR) is 86.3 cm³/mol. The number of nitrogens with one attached hydrogen (secondary N) is 1. The molecule has 0 fully saturated rings. The van der Waals surface area contributed by atoms with Crippen molar-refractivity contribution in [2.75, 3.05) is 11.2 Å². The highest BCUT2D eigenvalue weighted by molar-refractivity contribution is 7.14. The fourth-order valence-electron chi connectivity index (χ4n) is 1.60. The van der Waals surface area contributed by atoms with Crippen LogP contribution in [-0.2, 0) is 0 Å². The Labute approximate surface area is 130 Å². The van der Waals surface area contributed by atoms with Gasteiger partial charge in [-0.1, -0.05) is 12.1 Å². The van der Waals surface area contributed by atoms with Gasteiger partial charge in [0.05, 0.1) is 6.21 Å². The smallest absolute Gasteiger partial charge is 0.321 e. The van der Waals surface area contributed by atoms with Gasteiger partial charge in [0.25, 0.3) is 0 Å². The van der Waals surface area contributed by atoms with Crippen molar-refractivity contribution in [2.24, 2.45) is 5.10 Å². The van der Waals surface area contributed by atoms with Crippen LogP contribution in [0.15, 0.2) is 53.2 Å². The molecule has 8 heteroatoms. The van der Waals surface area contributed by atoms with Gasteiger partial charge in [-0.25, -0.2) is 15.0 Å². The summed E-state index contributed by atoms with van der Waals surface area (Å²) in [6.07, 6.45) is 4.91. The lowest BCUT2D eigenvalue weighted by molar-refractivity contribution is 0.441. The van der Waals surface area contributed by atoms with Gasteiger partial charge in [-0.15, -0.1) is 11.3 Å². The first-order valence-electron chi connectivity index (χ1n) is 6.34. The second-order valence-electron chi connectivity index (χ2n) is 4.15. The van der Waals surface area contributed by atoms with Gasteiger partial charge in [0.2, 0.25) is 5.13 Å². The van der Waals surface area contributed by atoms with Crippen LogP contribution in [0.2, 0.25) is 0 Å². The molecule has 2 heterocycles. The Morgan fingerprint density at radius 1 is 1.23 bits per heavy atom. The van der Waals surface area contributed by atoms with Crippen molar-refractivity contribution in [3.8, 4) is 11.8 Å². The third-order valence-electron chi connectivity index (χ3n) is 2.51. The molecule has 0 aliphatic carbocycles. The standard InChI is InChI=1S/C14H12N6OS/c15-12-9-22-14(19-12)20-18-8-10-3-1-4-11(7-10)21-13-16-5-2-6-17-13/h1-9H,15H2,(H,19,20). The number of ether oxygens (including phenoxy) is 1. The summed E-state index contributed by atoms with van der Waals surface area (Å²) >= 11 is 1.39. The molecule has 0 bridgehead atoms. The number of thiazole rings is 1. The highest BCUT2D eigenvalue weighted by atomic mass is 32.1. The minimum atomic E-state index is 0.299. The van der Waals surface area contributed by atoms with Crippen LogP contribution in [0.3, 0.4) is 0 Å². The van der Waals surface area contributed by atoms with E-state index in [0.717, 1.165) is 5.56 Å². The van der Waals surface area contributed by atoms with Crippen LogP contribution in [0.25, 0.3) is 0 Å². The second kappa shape index (κ2) is 6.64. The Bertz CT molecular complexity index is 774. The molecule has 0 aliphatic rings. The molecule has 0 aliphatic heterocycles. The van der Waals surface area contributed by atoms with Crippen LogP contribution in [0.4, 0.5) is 10.9 Å². The second-order valence-corrected chi connectivity index (χ2v) is 5.01. The van der Waals surface area contributed by atoms with Gasteiger partial charge in [0, 0.05) is 17.8 Å². The zero-order chi connectivity index (χ0) is 15.2. The summed E-state index contributed by atoms with van der Waals surface area (Å²) in [4.78, 5) is 12.1. The zero-order valence-corrected chi connectivity index (χ0v) is 12.2. The predicted octanol–water partition coefficient (Wildman–Crippen LogP) is 2.75. The number of nitrogens with zero attached hydrogens (tertiary/aromatic N) is 4. The van der Waals surface area contributed by atoms with Gasteiger partial charge >= 0.3 is 6.01 Å². The average Bonchev–Trinajstić information content (AvgIpc) is 2.94. The van der Waals surface area contributed by atoms with E-state index in [0.29, 0.717) is 22.7 Å². The monoisotopic (exact) mass is 312 g/mol. The normalized spacial score (nSPS) is 10.7. The van der Waals surface area contributed by atoms with E-state index in [4.69, 9.17) is 10.5 Å². The van der Waals surface area contributed by atoms with Crippen molar-refractivity contribution in [3.63, 3.8) is 0 Å². The van der Waals surface area contributed by atoms with Crippen molar-refractivity contribution in [3.05, 3.63) is 53.7 Å². The van der Waals surface area contributed by atoms with Crippen LogP contribution in [0.1, 0.15) is 5.56 Å². The molecule has 0 atom stereocenters. The van der Waals surface area contributed by atoms with Crippen LogP contribution in [0, 0.1) is 0 Å². The minimum Gasteiger partial charge on any atom is -0.424 e. The van der Waals surface area contributed by atoms with E-state index in [-0.39, 0.29) is 0 Å². The van der Waals surface area contributed by atoms with Crippen LogP contribution < -0.4 is 15.9 Å². The molecule has 3 rings (SSSR count). The SMILES string of the molecule is Nc1csc(NN=Cc2cccc(Oc3ncccn3)c2)n1. The van der Waals surface area contributed by atoms with Gasteiger partial charge in [-0.2, -0.15) is 5.10 Å². The quantitative estimate of drug-likeness (QED) is 0.555. The van der Waals surface area contributed by atoms with Gasteiger partial charge in [-0.05, 0) is 23.8 Å². The first-order chi connectivity index (χ1) is 10.8. The van der Waals surface area contributed by atoms with Gasteiger partial charge in [-0.3, -0.25) is 5.43 Å². The summed E-state index contributed by atoms with van der Waals surface area (Å²) in [7, 11) is 0. The third-order valence-corrected chi connectivity index (χ3v) is 3.27. The zero-order valence-electron chi connectivity index (χ0n) is 11.4. The van der Waals surface area contributed by atoms with Gasteiger partial charge in [0.15, 0.2) is 0 Å². The van der Waals surface area contributed by atoms with Crippen molar-refractivity contribution < 1.29 is 4.74 Å². The Morgan fingerprint density at radius 3 is 2.86 bits per heavy atom.